The normalized spacial score (nSPS) is 10.7. The monoisotopic (exact) mass is 210 g/mol. The van der Waals surface area contributed by atoms with Gasteiger partial charge in [0.1, 0.15) is 0 Å². The lowest BCUT2D eigenvalue weighted by Crippen LogP contribution is -2.18. The summed E-state index contributed by atoms with van der Waals surface area (Å²) in [5.41, 5.74) is 0.617. The maximum absolute atomic E-state index is 11.1. The Hall–Kier alpha value is -1.36. The van der Waals surface area contributed by atoms with Gasteiger partial charge in [-0.2, -0.15) is 0 Å². The third-order valence-corrected chi connectivity index (χ3v) is 1.94. The molecule has 0 saturated heterocycles. The summed E-state index contributed by atoms with van der Waals surface area (Å²) in [4.78, 5) is 20.0. The maximum atomic E-state index is 11.1. The van der Waals surface area contributed by atoms with Crippen LogP contribution in [0.5, 0.6) is 0 Å². The largest absolute Gasteiger partial charge is 0.356 e. The zero-order valence-electron chi connectivity index (χ0n) is 9.50. The van der Waals surface area contributed by atoms with Gasteiger partial charge in [-0.25, -0.2) is 4.98 Å². The number of hydrogen-bond donors (Lipinski definition) is 2. The lowest BCUT2D eigenvalue weighted by atomic mass is 10.4. The first-order chi connectivity index (χ1) is 7.08. The van der Waals surface area contributed by atoms with Crippen LogP contribution in [0, 0.1) is 6.92 Å². The SMILES string of the molecule is Cc1cc(=O)[nH]c(NCCCN(C)C)n1. The Bertz CT molecular complexity index is 359. The van der Waals surface area contributed by atoms with Gasteiger partial charge in [-0.1, -0.05) is 0 Å². The molecule has 1 heterocycles. The molecule has 15 heavy (non-hydrogen) atoms. The van der Waals surface area contributed by atoms with E-state index in [9.17, 15) is 4.79 Å². The van der Waals surface area contributed by atoms with Gasteiger partial charge in [0.15, 0.2) is 0 Å². The molecule has 0 unspecified atom stereocenters. The Labute approximate surface area is 89.5 Å². The van der Waals surface area contributed by atoms with Crippen LogP contribution >= 0.6 is 0 Å². The van der Waals surface area contributed by atoms with E-state index in [2.05, 4.69) is 20.2 Å². The van der Waals surface area contributed by atoms with Gasteiger partial charge in [-0.15, -0.1) is 0 Å². The number of nitrogens with one attached hydrogen (secondary N) is 2. The Morgan fingerprint density at radius 3 is 2.87 bits per heavy atom. The summed E-state index contributed by atoms with van der Waals surface area (Å²) in [6, 6.07) is 1.48. The highest BCUT2D eigenvalue weighted by molar-refractivity contribution is 5.24. The van der Waals surface area contributed by atoms with Crippen LogP contribution in [-0.4, -0.2) is 42.1 Å². The molecule has 1 aromatic heterocycles. The van der Waals surface area contributed by atoms with Gasteiger partial charge in [-0.05, 0) is 34.0 Å². The van der Waals surface area contributed by atoms with Crippen molar-refractivity contribution >= 4 is 5.95 Å². The van der Waals surface area contributed by atoms with Gasteiger partial charge < -0.3 is 10.2 Å². The number of nitrogens with zero attached hydrogens (tertiary/aromatic N) is 2. The summed E-state index contributed by atoms with van der Waals surface area (Å²) in [7, 11) is 4.07. The van der Waals surface area contributed by atoms with Crippen molar-refractivity contribution in [3.05, 3.63) is 22.1 Å². The third-order valence-electron chi connectivity index (χ3n) is 1.94. The summed E-state index contributed by atoms with van der Waals surface area (Å²) in [5, 5.41) is 3.09. The molecule has 0 radical (unpaired) electrons. The van der Waals surface area contributed by atoms with E-state index < -0.39 is 0 Å². The van der Waals surface area contributed by atoms with E-state index in [1.165, 1.54) is 6.07 Å². The number of H-pyrrole nitrogens is 1. The van der Waals surface area contributed by atoms with E-state index in [1.807, 2.05) is 14.1 Å². The topological polar surface area (TPSA) is 61.0 Å². The molecule has 0 aliphatic heterocycles. The number of rotatable bonds is 5. The number of aromatic nitrogens is 2. The Kier molecular flexibility index (Phi) is 4.30. The van der Waals surface area contributed by atoms with Crippen LogP contribution in [0.2, 0.25) is 0 Å². The fraction of sp³-hybridized carbons (Fsp3) is 0.600. The predicted octanol–water partition coefficient (Wildman–Crippen LogP) is 0.442. The second-order valence-electron chi connectivity index (χ2n) is 3.82. The van der Waals surface area contributed by atoms with E-state index >= 15 is 0 Å². The van der Waals surface area contributed by atoms with Crippen molar-refractivity contribution in [2.75, 3.05) is 32.5 Å². The van der Waals surface area contributed by atoms with Crippen molar-refractivity contribution in [3.63, 3.8) is 0 Å². The van der Waals surface area contributed by atoms with E-state index in [4.69, 9.17) is 0 Å². The second kappa shape index (κ2) is 5.50. The maximum Gasteiger partial charge on any atom is 0.252 e. The summed E-state index contributed by atoms with van der Waals surface area (Å²) in [5.74, 6) is 0.554. The van der Waals surface area contributed by atoms with Crippen LogP contribution in [-0.2, 0) is 0 Å². The van der Waals surface area contributed by atoms with Crippen LogP contribution in [0.3, 0.4) is 0 Å². The Morgan fingerprint density at radius 2 is 2.27 bits per heavy atom. The van der Waals surface area contributed by atoms with Crippen LogP contribution in [0.15, 0.2) is 10.9 Å². The molecular formula is C10H18N4O. The minimum atomic E-state index is -0.113. The molecule has 0 saturated carbocycles. The lowest BCUT2D eigenvalue weighted by Gasteiger charge is -2.09. The Balaban J connectivity index is 2.40. The van der Waals surface area contributed by atoms with Crippen molar-refractivity contribution in [1.29, 1.82) is 0 Å². The quantitative estimate of drug-likeness (QED) is 0.692. The first kappa shape index (κ1) is 11.7. The molecule has 0 bridgehead atoms. The van der Waals surface area contributed by atoms with E-state index in [-0.39, 0.29) is 5.56 Å². The lowest BCUT2D eigenvalue weighted by molar-refractivity contribution is 0.405. The van der Waals surface area contributed by atoms with Gasteiger partial charge >= 0.3 is 0 Å². The second-order valence-corrected chi connectivity index (χ2v) is 3.82. The summed E-state index contributed by atoms with van der Waals surface area (Å²) < 4.78 is 0. The molecule has 0 aliphatic carbocycles. The average Bonchev–Trinajstić information content (AvgIpc) is 2.10. The fourth-order valence-electron chi connectivity index (χ4n) is 1.26. The van der Waals surface area contributed by atoms with Crippen LogP contribution in [0.4, 0.5) is 5.95 Å². The molecule has 0 aliphatic rings. The van der Waals surface area contributed by atoms with Gasteiger partial charge in [0, 0.05) is 18.3 Å². The highest BCUT2D eigenvalue weighted by Gasteiger charge is 1.97. The van der Waals surface area contributed by atoms with Gasteiger partial charge in [-0.3, -0.25) is 9.78 Å². The van der Waals surface area contributed by atoms with Gasteiger partial charge in [0.25, 0.3) is 5.56 Å². The van der Waals surface area contributed by atoms with Crippen molar-refractivity contribution in [2.24, 2.45) is 0 Å². The average molecular weight is 210 g/mol. The Morgan fingerprint density at radius 1 is 1.53 bits per heavy atom. The molecule has 0 spiro atoms. The number of anilines is 1. The van der Waals surface area contributed by atoms with E-state index in [0.29, 0.717) is 5.95 Å². The predicted molar refractivity (Wildman–Crippen MR) is 61.3 cm³/mol. The molecule has 5 nitrogen and oxygen atoms in total. The molecule has 0 amide bonds. The zero-order chi connectivity index (χ0) is 11.3. The van der Waals surface area contributed by atoms with E-state index in [1.54, 1.807) is 6.92 Å². The number of aromatic amines is 1. The fourth-order valence-corrected chi connectivity index (χ4v) is 1.26. The van der Waals surface area contributed by atoms with E-state index in [0.717, 1.165) is 25.2 Å². The molecule has 1 rings (SSSR count). The number of aryl methyl sites for hydroxylation is 1. The van der Waals surface area contributed by atoms with Crippen LogP contribution in [0.25, 0.3) is 0 Å². The number of hydrogen-bond acceptors (Lipinski definition) is 4. The summed E-state index contributed by atoms with van der Waals surface area (Å²) >= 11 is 0. The molecule has 5 heteroatoms. The minimum Gasteiger partial charge on any atom is -0.356 e. The highest BCUT2D eigenvalue weighted by Crippen LogP contribution is 1.95. The van der Waals surface area contributed by atoms with Gasteiger partial charge in [0.05, 0.1) is 0 Å². The van der Waals surface area contributed by atoms with Crippen molar-refractivity contribution in [3.8, 4) is 0 Å². The zero-order valence-corrected chi connectivity index (χ0v) is 9.50. The standard InChI is InChI=1S/C10H18N4O/c1-8-7-9(15)13-10(12-8)11-5-4-6-14(2)3/h7H,4-6H2,1-3H3,(H2,11,12,13,15). The van der Waals surface area contributed by atoms with Gasteiger partial charge in [0.2, 0.25) is 5.95 Å². The molecule has 0 atom stereocenters. The molecule has 0 fully saturated rings. The first-order valence-electron chi connectivity index (χ1n) is 5.04. The smallest absolute Gasteiger partial charge is 0.252 e. The highest BCUT2D eigenvalue weighted by atomic mass is 16.1. The molecular weight excluding hydrogens is 192 g/mol. The minimum absolute atomic E-state index is 0.113. The summed E-state index contributed by atoms with van der Waals surface area (Å²) in [6.45, 7) is 3.63. The van der Waals surface area contributed by atoms with Crippen LogP contribution in [0.1, 0.15) is 12.1 Å². The molecule has 1 aromatic rings. The first-order valence-corrected chi connectivity index (χ1v) is 5.04. The van der Waals surface area contributed by atoms with Crippen molar-refractivity contribution < 1.29 is 0 Å². The molecule has 84 valence electrons. The summed E-state index contributed by atoms with van der Waals surface area (Å²) in [6.07, 6.45) is 1.02. The molecule has 0 aromatic carbocycles. The third kappa shape index (κ3) is 4.60. The van der Waals surface area contributed by atoms with Crippen molar-refractivity contribution in [1.82, 2.24) is 14.9 Å². The van der Waals surface area contributed by atoms with Crippen molar-refractivity contribution in [2.45, 2.75) is 13.3 Å². The molecule has 2 N–H and O–H groups in total. The van der Waals surface area contributed by atoms with Crippen LogP contribution < -0.4 is 10.9 Å².